The van der Waals surface area contributed by atoms with Crippen molar-refractivity contribution >= 4 is 12.4 Å². The van der Waals surface area contributed by atoms with E-state index in [4.69, 9.17) is 0 Å². The van der Waals surface area contributed by atoms with E-state index in [-0.39, 0.29) is 18.4 Å². The number of nitrogens with zero attached hydrogens (tertiary/aromatic N) is 1. The molecule has 2 aromatic rings. The first-order valence-corrected chi connectivity index (χ1v) is 7.43. The lowest BCUT2D eigenvalue weighted by atomic mass is 10.1. The predicted molar refractivity (Wildman–Crippen MR) is 92.3 cm³/mol. The maximum atomic E-state index is 11.1. The van der Waals surface area contributed by atoms with E-state index in [1.807, 2.05) is 18.2 Å². The lowest BCUT2D eigenvalue weighted by molar-refractivity contribution is 0.151. The Balaban J connectivity index is 0.00000264. The molecular weight excluding hydrogens is 316 g/mol. The van der Waals surface area contributed by atoms with Gasteiger partial charge in [0, 0.05) is 24.2 Å². The topological polar surface area (TPSA) is 74.5 Å². The van der Waals surface area contributed by atoms with Crippen molar-refractivity contribution in [1.29, 1.82) is 0 Å². The molecule has 1 aromatic carbocycles. The number of halogens is 1. The molecule has 2 unspecified atom stereocenters. The maximum Gasteiger partial charge on any atom is 0.282 e. The zero-order valence-corrected chi connectivity index (χ0v) is 13.9. The lowest BCUT2D eigenvalue weighted by Gasteiger charge is -2.17. The van der Waals surface area contributed by atoms with Crippen molar-refractivity contribution in [3.8, 4) is 0 Å². The Morgan fingerprint density at radius 3 is 2.52 bits per heavy atom. The van der Waals surface area contributed by atoms with Gasteiger partial charge >= 0.3 is 0 Å². The van der Waals surface area contributed by atoms with Crippen LogP contribution in [-0.2, 0) is 6.42 Å². The zero-order valence-electron chi connectivity index (χ0n) is 13.1. The smallest absolute Gasteiger partial charge is 0.282 e. The highest BCUT2D eigenvalue weighted by molar-refractivity contribution is 5.85. The summed E-state index contributed by atoms with van der Waals surface area (Å²) in [6, 6.07) is 13.3. The minimum Gasteiger partial charge on any atom is -0.425 e. The van der Waals surface area contributed by atoms with Gasteiger partial charge in [-0.05, 0) is 31.4 Å². The molecule has 3 N–H and O–H groups in total. The summed E-state index contributed by atoms with van der Waals surface area (Å²) in [6.07, 6.45) is 2.42. The van der Waals surface area contributed by atoms with Crippen molar-refractivity contribution in [2.24, 2.45) is 0 Å². The Hall–Kier alpha value is -1.82. The summed E-state index contributed by atoms with van der Waals surface area (Å²) in [5.74, 6) is 0. The number of aliphatic hydroxyl groups is 1. The fourth-order valence-corrected chi connectivity index (χ4v) is 2.25. The summed E-state index contributed by atoms with van der Waals surface area (Å²) in [5.41, 5.74) is 1.29. The van der Waals surface area contributed by atoms with E-state index in [0.29, 0.717) is 16.8 Å². The summed E-state index contributed by atoms with van der Waals surface area (Å²) in [5, 5.41) is 22.7. The van der Waals surface area contributed by atoms with E-state index in [1.165, 1.54) is 23.9 Å². The molecule has 0 spiro atoms. The number of pyridine rings is 1. The largest absolute Gasteiger partial charge is 0.425 e. The Kier molecular flexibility index (Phi) is 7.81. The highest BCUT2D eigenvalue weighted by atomic mass is 35.5. The molecule has 5 nitrogen and oxygen atoms in total. The van der Waals surface area contributed by atoms with Crippen molar-refractivity contribution in [1.82, 2.24) is 10.0 Å². The number of hydrogen-bond donors (Lipinski definition) is 3. The van der Waals surface area contributed by atoms with Crippen LogP contribution < -0.4 is 10.9 Å². The van der Waals surface area contributed by atoms with Gasteiger partial charge in [-0.25, -0.2) is 0 Å². The second kappa shape index (κ2) is 9.35. The average molecular weight is 339 g/mol. The van der Waals surface area contributed by atoms with E-state index in [1.54, 1.807) is 0 Å². The second-order valence-corrected chi connectivity index (χ2v) is 5.49. The minimum atomic E-state index is -0.766. The number of benzene rings is 1. The zero-order chi connectivity index (χ0) is 15.9. The van der Waals surface area contributed by atoms with E-state index in [9.17, 15) is 15.1 Å². The van der Waals surface area contributed by atoms with Crippen LogP contribution in [0.3, 0.4) is 0 Å². The number of hydrogen-bond acceptors (Lipinski definition) is 4. The van der Waals surface area contributed by atoms with Crippen LogP contribution in [0.4, 0.5) is 0 Å². The third-order valence-electron chi connectivity index (χ3n) is 3.67. The van der Waals surface area contributed by atoms with Crippen LogP contribution in [0.15, 0.2) is 53.5 Å². The molecule has 1 heterocycles. The predicted octanol–water partition coefficient (Wildman–Crippen LogP) is 2.15. The molecule has 0 radical (unpaired) electrons. The molecule has 0 saturated heterocycles. The van der Waals surface area contributed by atoms with Crippen LogP contribution in [0.25, 0.3) is 0 Å². The van der Waals surface area contributed by atoms with Gasteiger partial charge in [0.1, 0.15) is 0 Å². The van der Waals surface area contributed by atoms with E-state index in [0.717, 1.165) is 12.8 Å². The van der Waals surface area contributed by atoms with Gasteiger partial charge in [0.25, 0.3) is 5.56 Å². The van der Waals surface area contributed by atoms with Gasteiger partial charge in [-0.2, -0.15) is 4.73 Å². The quantitative estimate of drug-likeness (QED) is 0.676. The molecule has 6 heteroatoms. The fourth-order valence-electron chi connectivity index (χ4n) is 2.25. The second-order valence-electron chi connectivity index (χ2n) is 5.49. The summed E-state index contributed by atoms with van der Waals surface area (Å²) in [7, 11) is 0. The number of rotatable bonds is 7. The molecule has 0 aliphatic heterocycles. The van der Waals surface area contributed by atoms with Gasteiger partial charge in [0.2, 0.25) is 0 Å². The summed E-state index contributed by atoms with van der Waals surface area (Å²) in [6.45, 7) is 2.44. The van der Waals surface area contributed by atoms with Gasteiger partial charge in [0.15, 0.2) is 0 Å². The maximum absolute atomic E-state index is 11.1. The molecule has 23 heavy (non-hydrogen) atoms. The Morgan fingerprint density at radius 1 is 1.17 bits per heavy atom. The molecule has 2 rings (SSSR count). The number of aromatic nitrogens is 1. The molecular formula is C17H23ClN2O3. The monoisotopic (exact) mass is 338 g/mol. The third kappa shape index (κ3) is 6.06. The number of aryl methyl sites for hydroxylation is 1. The summed E-state index contributed by atoms with van der Waals surface area (Å²) in [4.78, 5) is 11.1. The molecule has 0 fully saturated rings. The van der Waals surface area contributed by atoms with Crippen molar-refractivity contribution in [2.75, 3.05) is 6.54 Å². The average Bonchev–Trinajstić information content (AvgIpc) is 2.54. The Bertz CT molecular complexity index is 646. The molecule has 126 valence electrons. The van der Waals surface area contributed by atoms with Crippen LogP contribution in [-0.4, -0.2) is 27.6 Å². The first-order chi connectivity index (χ1) is 10.6. The van der Waals surface area contributed by atoms with E-state index < -0.39 is 11.7 Å². The van der Waals surface area contributed by atoms with Crippen LogP contribution in [0.5, 0.6) is 0 Å². The van der Waals surface area contributed by atoms with Crippen LogP contribution in [0, 0.1) is 0 Å². The van der Waals surface area contributed by atoms with Gasteiger partial charge in [-0.1, -0.05) is 30.3 Å². The fraction of sp³-hybridized carbons (Fsp3) is 0.353. The van der Waals surface area contributed by atoms with Crippen molar-refractivity contribution in [3.63, 3.8) is 0 Å². The molecule has 0 saturated carbocycles. The molecule has 1 aromatic heterocycles. The first kappa shape index (κ1) is 19.2. The number of aliphatic hydroxyl groups excluding tert-OH is 1. The van der Waals surface area contributed by atoms with E-state index >= 15 is 0 Å². The Morgan fingerprint density at radius 2 is 1.87 bits per heavy atom. The van der Waals surface area contributed by atoms with Gasteiger partial charge in [0.05, 0.1) is 12.3 Å². The van der Waals surface area contributed by atoms with E-state index in [2.05, 4.69) is 24.4 Å². The van der Waals surface area contributed by atoms with Crippen LogP contribution >= 0.6 is 12.4 Å². The summed E-state index contributed by atoms with van der Waals surface area (Å²) >= 11 is 0. The molecule has 0 aliphatic rings. The highest BCUT2D eigenvalue weighted by Gasteiger charge is 2.11. The van der Waals surface area contributed by atoms with Crippen molar-refractivity contribution < 1.29 is 10.3 Å². The highest BCUT2D eigenvalue weighted by Crippen LogP contribution is 2.10. The molecule has 0 aliphatic carbocycles. The normalized spacial score (nSPS) is 13.1. The van der Waals surface area contributed by atoms with Gasteiger partial charge < -0.3 is 15.6 Å². The summed E-state index contributed by atoms with van der Waals surface area (Å²) < 4.78 is 0.484. The molecule has 0 bridgehead atoms. The minimum absolute atomic E-state index is 0. The van der Waals surface area contributed by atoms with Crippen molar-refractivity contribution in [3.05, 3.63) is 70.1 Å². The Labute approximate surface area is 142 Å². The SMILES string of the molecule is CC(CCc1ccccc1)NCC(O)c1ccc(=O)n(O)c1.Cl. The molecule has 0 amide bonds. The third-order valence-corrected chi connectivity index (χ3v) is 3.67. The van der Waals surface area contributed by atoms with Crippen LogP contribution in [0.1, 0.15) is 30.6 Å². The lowest BCUT2D eigenvalue weighted by Crippen LogP contribution is -2.31. The van der Waals surface area contributed by atoms with Crippen LogP contribution in [0.2, 0.25) is 0 Å². The molecule has 2 atom stereocenters. The first-order valence-electron chi connectivity index (χ1n) is 7.43. The standard InChI is InChI=1S/C17H22N2O3.ClH/c1-13(7-8-14-5-3-2-4-6-14)18-11-16(20)15-9-10-17(21)19(22)12-15;/h2-6,9-10,12-13,16,18,20,22H,7-8,11H2,1H3;1H. The van der Waals surface area contributed by atoms with Crippen molar-refractivity contribution in [2.45, 2.75) is 31.9 Å². The number of nitrogens with one attached hydrogen (secondary N) is 1. The van der Waals surface area contributed by atoms with Gasteiger partial charge in [-0.3, -0.25) is 4.79 Å². The van der Waals surface area contributed by atoms with Gasteiger partial charge in [-0.15, -0.1) is 12.4 Å².